The highest BCUT2D eigenvalue weighted by atomic mass is 16.5. The van der Waals surface area contributed by atoms with Gasteiger partial charge in [-0.2, -0.15) is 0 Å². The van der Waals surface area contributed by atoms with Gasteiger partial charge >= 0.3 is 5.97 Å². The minimum atomic E-state index is -0.684. The van der Waals surface area contributed by atoms with Crippen molar-refractivity contribution in [3.05, 3.63) is 46.7 Å². The molecular weight excluding hydrogens is 372 g/mol. The molecule has 0 spiro atoms. The van der Waals surface area contributed by atoms with Crippen LogP contribution >= 0.6 is 0 Å². The van der Waals surface area contributed by atoms with Crippen LogP contribution in [0, 0.1) is 19.8 Å². The third kappa shape index (κ3) is 4.13. The van der Waals surface area contributed by atoms with Crippen LogP contribution < -0.4 is 0 Å². The molecule has 7 heteroatoms. The Hall–Kier alpha value is -2.83. The molecule has 0 bridgehead atoms. The van der Waals surface area contributed by atoms with Crippen LogP contribution in [0.25, 0.3) is 0 Å². The van der Waals surface area contributed by atoms with E-state index in [2.05, 4.69) is 4.98 Å². The van der Waals surface area contributed by atoms with Crippen molar-refractivity contribution < 1.29 is 23.5 Å². The standard InChI is InChI=1S/C22H28N2O5/c1-5-28-22(27)19-13(2)18(14(3)23-19)20(25)15(4)24(12-17-10-7-11-29-17)21(26)16-8-6-9-16/h7,10-11,15-16,23H,5-6,8-9,12H2,1-4H3/t15-/m1/s1. The van der Waals surface area contributed by atoms with Gasteiger partial charge in [0.25, 0.3) is 0 Å². The number of nitrogens with zero attached hydrogens (tertiary/aromatic N) is 1. The zero-order valence-electron chi connectivity index (χ0n) is 17.4. The van der Waals surface area contributed by atoms with E-state index in [9.17, 15) is 14.4 Å². The van der Waals surface area contributed by atoms with Crippen molar-refractivity contribution in [2.75, 3.05) is 6.61 Å². The fourth-order valence-electron chi connectivity index (χ4n) is 3.74. The van der Waals surface area contributed by atoms with Crippen molar-refractivity contribution in [2.45, 2.75) is 59.5 Å². The lowest BCUT2D eigenvalue weighted by molar-refractivity contribution is -0.140. The lowest BCUT2D eigenvalue weighted by Crippen LogP contribution is -2.47. The molecule has 0 radical (unpaired) electrons. The SMILES string of the molecule is CCOC(=O)c1[nH]c(C)c(C(=O)[C@@H](C)N(Cc2ccco2)C(=O)C2CCC2)c1C. The number of amides is 1. The molecule has 1 amide bonds. The third-order valence-corrected chi connectivity index (χ3v) is 5.65. The normalized spacial score (nSPS) is 14.9. The quantitative estimate of drug-likeness (QED) is 0.537. The van der Waals surface area contributed by atoms with Crippen LogP contribution in [-0.4, -0.2) is 40.2 Å². The van der Waals surface area contributed by atoms with E-state index in [1.807, 2.05) is 0 Å². The fraction of sp³-hybridized carbons (Fsp3) is 0.500. The van der Waals surface area contributed by atoms with Gasteiger partial charge in [-0.05, 0) is 58.2 Å². The Labute approximate surface area is 170 Å². The molecule has 29 heavy (non-hydrogen) atoms. The second-order valence-corrected chi connectivity index (χ2v) is 7.56. The Morgan fingerprint density at radius 1 is 1.31 bits per heavy atom. The number of hydrogen-bond acceptors (Lipinski definition) is 5. The number of ketones is 1. The second-order valence-electron chi connectivity index (χ2n) is 7.56. The number of carbonyl (C=O) groups is 3. The molecule has 1 saturated carbocycles. The average molecular weight is 400 g/mol. The largest absolute Gasteiger partial charge is 0.467 e. The first kappa shape index (κ1) is 20.9. The second kappa shape index (κ2) is 8.68. The van der Waals surface area contributed by atoms with Gasteiger partial charge in [-0.25, -0.2) is 4.79 Å². The van der Waals surface area contributed by atoms with Gasteiger partial charge < -0.3 is 19.0 Å². The first-order chi connectivity index (χ1) is 13.8. The summed E-state index contributed by atoms with van der Waals surface area (Å²) in [6, 6.07) is 2.88. The van der Waals surface area contributed by atoms with Crippen molar-refractivity contribution in [3.8, 4) is 0 Å². The molecule has 1 aliphatic rings. The van der Waals surface area contributed by atoms with Crippen LogP contribution in [-0.2, 0) is 16.1 Å². The van der Waals surface area contributed by atoms with Gasteiger partial charge in [0, 0.05) is 17.2 Å². The van der Waals surface area contributed by atoms with Crippen LogP contribution in [0.2, 0.25) is 0 Å². The van der Waals surface area contributed by atoms with E-state index in [4.69, 9.17) is 9.15 Å². The molecule has 2 aromatic rings. The van der Waals surface area contributed by atoms with Crippen LogP contribution in [0.1, 0.15) is 71.0 Å². The van der Waals surface area contributed by atoms with Gasteiger partial charge in [-0.15, -0.1) is 0 Å². The molecule has 156 valence electrons. The molecule has 0 aliphatic heterocycles. The summed E-state index contributed by atoms with van der Waals surface area (Å²) in [5, 5.41) is 0. The number of Topliss-reactive ketones (excluding diaryl/α,β-unsaturated/α-hetero) is 1. The van der Waals surface area contributed by atoms with Gasteiger partial charge in [0.2, 0.25) is 5.91 Å². The van der Waals surface area contributed by atoms with Gasteiger partial charge in [0.1, 0.15) is 11.5 Å². The molecule has 0 saturated heterocycles. The summed E-state index contributed by atoms with van der Waals surface area (Å²) in [7, 11) is 0. The highest BCUT2D eigenvalue weighted by Gasteiger charge is 2.36. The van der Waals surface area contributed by atoms with Crippen molar-refractivity contribution in [3.63, 3.8) is 0 Å². The Bertz CT molecular complexity index is 893. The number of H-pyrrole nitrogens is 1. The number of furan rings is 1. The van der Waals surface area contributed by atoms with E-state index in [0.717, 1.165) is 19.3 Å². The molecule has 7 nitrogen and oxygen atoms in total. The molecule has 1 N–H and O–H groups in total. The molecule has 2 heterocycles. The van der Waals surface area contributed by atoms with Crippen molar-refractivity contribution >= 4 is 17.7 Å². The summed E-state index contributed by atoms with van der Waals surface area (Å²) in [4.78, 5) is 43.2. The van der Waals surface area contributed by atoms with Crippen LogP contribution in [0.15, 0.2) is 22.8 Å². The van der Waals surface area contributed by atoms with Crippen LogP contribution in [0.3, 0.4) is 0 Å². The lowest BCUT2D eigenvalue weighted by Gasteiger charge is -2.34. The summed E-state index contributed by atoms with van der Waals surface area (Å²) >= 11 is 0. The first-order valence-electron chi connectivity index (χ1n) is 10.1. The summed E-state index contributed by atoms with van der Waals surface area (Å²) in [6.45, 7) is 7.43. The van der Waals surface area contributed by atoms with E-state index >= 15 is 0 Å². The molecule has 1 atom stereocenters. The van der Waals surface area contributed by atoms with E-state index in [1.54, 1.807) is 51.0 Å². The predicted octanol–water partition coefficient (Wildman–Crippen LogP) is 3.80. The number of aryl methyl sites for hydroxylation is 1. The smallest absolute Gasteiger partial charge is 0.355 e. The maximum absolute atomic E-state index is 13.4. The van der Waals surface area contributed by atoms with E-state index in [-0.39, 0.29) is 36.5 Å². The minimum absolute atomic E-state index is 0.0232. The van der Waals surface area contributed by atoms with Gasteiger partial charge in [-0.3, -0.25) is 9.59 Å². The average Bonchev–Trinajstić information content (AvgIpc) is 3.25. The maximum Gasteiger partial charge on any atom is 0.355 e. The summed E-state index contributed by atoms with van der Waals surface area (Å²) in [5.74, 6) is -0.121. The lowest BCUT2D eigenvalue weighted by atomic mass is 9.83. The maximum atomic E-state index is 13.4. The highest BCUT2D eigenvalue weighted by Crippen LogP contribution is 2.31. The number of hydrogen-bond donors (Lipinski definition) is 1. The molecule has 3 rings (SSSR count). The highest BCUT2D eigenvalue weighted by molar-refractivity contribution is 6.06. The number of aromatic nitrogens is 1. The Balaban J connectivity index is 1.89. The number of aromatic amines is 1. The summed E-state index contributed by atoms with van der Waals surface area (Å²) in [5.41, 5.74) is 1.86. The van der Waals surface area contributed by atoms with Gasteiger partial charge in [-0.1, -0.05) is 6.42 Å². The Morgan fingerprint density at radius 2 is 2.03 bits per heavy atom. The fourth-order valence-corrected chi connectivity index (χ4v) is 3.74. The molecule has 0 unspecified atom stereocenters. The number of esters is 1. The minimum Gasteiger partial charge on any atom is -0.467 e. The molecule has 0 aromatic carbocycles. The number of nitrogens with one attached hydrogen (secondary N) is 1. The van der Waals surface area contributed by atoms with E-state index in [1.165, 1.54) is 0 Å². The van der Waals surface area contributed by atoms with Gasteiger partial charge in [0.05, 0.1) is 25.5 Å². The Kier molecular flexibility index (Phi) is 6.25. The molecule has 1 aliphatic carbocycles. The molecular formula is C22H28N2O5. The summed E-state index contributed by atoms with van der Waals surface area (Å²) < 4.78 is 10.5. The Morgan fingerprint density at radius 3 is 2.59 bits per heavy atom. The van der Waals surface area contributed by atoms with Crippen molar-refractivity contribution in [1.29, 1.82) is 0 Å². The summed E-state index contributed by atoms with van der Waals surface area (Å²) in [6.07, 6.45) is 4.29. The number of ether oxygens (including phenoxy) is 1. The van der Waals surface area contributed by atoms with Gasteiger partial charge in [0.15, 0.2) is 5.78 Å². The number of rotatable bonds is 8. The third-order valence-electron chi connectivity index (χ3n) is 5.65. The molecule has 2 aromatic heterocycles. The number of carbonyl (C=O) groups excluding carboxylic acids is 3. The van der Waals surface area contributed by atoms with Crippen molar-refractivity contribution in [1.82, 2.24) is 9.88 Å². The predicted molar refractivity (Wildman–Crippen MR) is 107 cm³/mol. The van der Waals surface area contributed by atoms with E-state index in [0.29, 0.717) is 22.6 Å². The zero-order chi connectivity index (χ0) is 21.1. The molecule has 1 fully saturated rings. The van der Waals surface area contributed by atoms with Crippen molar-refractivity contribution in [2.24, 2.45) is 5.92 Å². The van der Waals surface area contributed by atoms with E-state index < -0.39 is 12.0 Å². The topological polar surface area (TPSA) is 92.6 Å². The first-order valence-corrected chi connectivity index (χ1v) is 10.1. The van der Waals surface area contributed by atoms with Crippen LogP contribution in [0.5, 0.6) is 0 Å². The zero-order valence-corrected chi connectivity index (χ0v) is 17.4. The monoisotopic (exact) mass is 400 g/mol. The van der Waals surface area contributed by atoms with Crippen LogP contribution in [0.4, 0.5) is 0 Å².